The molecule has 2 heterocycles. The van der Waals surface area contributed by atoms with Crippen molar-refractivity contribution in [3.8, 4) is 12.1 Å². The molecule has 0 bridgehead atoms. The van der Waals surface area contributed by atoms with E-state index in [1.165, 1.54) is 0 Å². The van der Waals surface area contributed by atoms with Crippen LogP contribution in [0.25, 0.3) is 21.8 Å². The number of nitrogens with zero attached hydrogens (tertiary/aromatic N) is 4. The molecule has 40 heavy (non-hydrogen) atoms. The lowest BCUT2D eigenvalue weighted by atomic mass is 9.47. The summed E-state index contributed by atoms with van der Waals surface area (Å²) in [4.78, 5) is 2.24. The Balaban J connectivity index is 1.87. The summed E-state index contributed by atoms with van der Waals surface area (Å²) in [5, 5.41) is 23.2. The quantitative estimate of drug-likeness (QED) is 0.227. The van der Waals surface area contributed by atoms with Gasteiger partial charge in [0.2, 0.25) is 0 Å². The van der Waals surface area contributed by atoms with Gasteiger partial charge in [-0.15, -0.1) is 0 Å². The third kappa shape index (κ3) is 3.73. The second kappa shape index (κ2) is 8.77. The van der Waals surface area contributed by atoms with Crippen LogP contribution in [0.2, 0.25) is 0 Å². The fourth-order valence-electron chi connectivity index (χ4n) is 6.23. The maximum absolute atomic E-state index is 10.6. The number of nitriles is 2. The summed E-state index contributed by atoms with van der Waals surface area (Å²) < 4.78 is 2.28. The second-order valence-electron chi connectivity index (χ2n) is 13.0. The van der Waals surface area contributed by atoms with Gasteiger partial charge < -0.3 is 9.38 Å². The van der Waals surface area contributed by atoms with Gasteiger partial charge in [-0.1, -0.05) is 77.9 Å². The molecule has 0 atom stereocenters. The van der Waals surface area contributed by atoms with E-state index in [1.807, 2.05) is 12.1 Å². The third-order valence-electron chi connectivity index (χ3n) is 8.41. The lowest BCUT2D eigenvalue weighted by Gasteiger charge is -2.35. The van der Waals surface area contributed by atoms with E-state index in [9.17, 15) is 10.5 Å². The zero-order chi connectivity index (χ0) is 28.6. The van der Waals surface area contributed by atoms with Crippen molar-refractivity contribution in [3.63, 3.8) is 0 Å². The molecule has 5 heteroatoms. The molecule has 0 saturated carbocycles. The minimum absolute atomic E-state index is 0.138. The second-order valence-corrected chi connectivity index (χ2v) is 13.0. The first kappa shape index (κ1) is 25.8. The normalized spacial score (nSPS) is 13.2. The van der Waals surface area contributed by atoms with Crippen LogP contribution in [-0.4, -0.2) is 18.4 Å². The van der Waals surface area contributed by atoms with Crippen molar-refractivity contribution in [2.75, 3.05) is 11.9 Å². The summed E-state index contributed by atoms with van der Waals surface area (Å²) in [5.74, 6) is 0. The van der Waals surface area contributed by atoms with Gasteiger partial charge in [-0.25, -0.2) is 0 Å². The number of fused-ring (bicyclic) bond motifs is 5. The smallest absolute Gasteiger partial charge is 0.332 e. The molecule has 5 aromatic rings. The summed E-state index contributed by atoms with van der Waals surface area (Å²) >= 11 is 0. The van der Waals surface area contributed by atoms with E-state index in [0.717, 1.165) is 55.2 Å². The van der Waals surface area contributed by atoms with Crippen molar-refractivity contribution in [1.29, 1.82) is 10.5 Å². The Labute approximate surface area is 237 Å². The van der Waals surface area contributed by atoms with Gasteiger partial charge in [-0.3, -0.25) is 0 Å². The number of aromatic nitrogens is 1. The maximum atomic E-state index is 10.6. The molecule has 4 nitrogen and oxygen atoms in total. The van der Waals surface area contributed by atoms with Gasteiger partial charge >= 0.3 is 6.85 Å². The molecule has 4 aromatic carbocycles. The highest BCUT2D eigenvalue weighted by molar-refractivity contribution is 6.88. The molecule has 0 N–H and O–H groups in total. The third-order valence-corrected chi connectivity index (χ3v) is 8.41. The fourth-order valence-corrected chi connectivity index (χ4v) is 6.23. The van der Waals surface area contributed by atoms with E-state index in [2.05, 4.69) is 131 Å². The Morgan fingerprint density at radius 3 is 1.40 bits per heavy atom. The molecular weight excluding hydrogens is 487 g/mol. The number of benzene rings is 4. The molecule has 1 aliphatic rings. The van der Waals surface area contributed by atoms with Crippen LogP contribution in [0.15, 0.2) is 72.8 Å². The highest BCUT2D eigenvalue weighted by Crippen LogP contribution is 2.40. The zero-order valence-electron chi connectivity index (χ0n) is 24.3. The van der Waals surface area contributed by atoms with Gasteiger partial charge in [0.05, 0.1) is 22.2 Å². The van der Waals surface area contributed by atoms with Crippen molar-refractivity contribution in [2.24, 2.45) is 0 Å². The highest BCUT2D eigenvalue weighted by Gasteiger charge is 2.37. The monoisotopic (exact) mass is 520 g/mol. The molecule has 0 spiro atoms. The van der Waals surface area contributed by atoms with Gasteiger partial charge in [0.25, 0.3) is 0 Å². The summed E-state index contributed by atoms with van der Waals surface area (Å²) in [6.45, 7) is 12.9. The predicted molar refractivity (Wildman–Crippen MR) is 168 cm³/mol. The molecular formula is C35H33BN4. The largest absolute Gasteiger partial charge is 0.374 e. The Morgan fingerprint density at radius 1 is 0.625 bits per heavy atom. The molecule has 0 aliphatic carbocycles. The van der Waals surface area contributed by atoms with E-state index >= 15 is 0 Å². The molecule has 0 radical (unpaired) electrons. The molecule has 196 valence electrons. The standard InChI is InChI=1S/C35H33BN4/c1-34(2,3)24-16-22(20-37)32-26(18-24)27-19-25(35(4,5)6)17-23(21-38)33(27)40(32)36-28-12-8-10-14-30(28)39(7)31-15-11-9-13-29(31)36/h8-19H,1-7H3. The Kier molecular flexibility index (Phi) is 5.65. The van der Waals surface area contributed by atoms with Crippen molar-refractivity contribution in [2.45, 2.75) is 52.4 Å². The number of anilines is 2. The van der Waals surface area contributed by atoms with Crippen LogP contribution in [0.5, 0.6) is 0 Å². The molecule has 0 unspecified atom stereocenters. The van der Waals surface area contributed by atoms with Crippen molar-refractivity contribution in [1.82, 2.24) is 4.48 Å². The van der Waals surface area contributed by atoms with E-state index in [4.69, 9.17) is 0 Å². The first-order valence-corrected chi connectivity index (χ1v) is 13.8. The Morgan fingerprint density at radius 2 is 1.02 bits per heavy atom. The first-order chi connectivity index (χ1) is 19.0. The number of hydrogen-bond acceptors (Lipinski definition) is 3. The molecule has 0 amide bonds. The molecule has 6 rings (SSSR count). The topological polar surface area (TPSA) is 55.8 Å². The van der Waals surface area contributed by atoms with E-state index in [-0.39, 0.29) is 17.7 Å². The average Bonchev–Trinajstić information content (AvgIpc) is 3.26. The van der Waals surface area contributed by atoms with E-state index in [0.29, 0.717) is 11.1 Å². The highest BCUT2D eigenvalue weighted by atomic mass is 15.1. The number of hydrogen-bond donors (Lipinski definition) is 0. The summed E-state index contributed by atoms with van der Waals surface area (Å²) in [6.07, 6.45) is 0. The van der Waals surface area contributed by atoms with Crippen molar-refractivity contribution in [3.05, 3.63) is 95.1 Å². The van der Waals surface area contributed by atoms with Gasteiger partial charge in [0.15, 0.2) is 0 Å². The van der Waals surface area contributed by atoms with Gasteiger partial charge in [-0.05, 0) is 69.3 Å². The molecule has 1 aliphatic heterocycles. The SMILES string of the molecule is CN1c2ccccc2B(n2c3c(C#N)cc(C(C)(C)C)cc3c3cc(C(C)(C)C)cc(C#N)c32)c2ccccc21. The minimum atomic E-state index is -0.205. The molecule has 0 saturated heterocycles. The first-order valence-electron chi connectivity index (χ1n) is 13.8. The lowest BCUT2D eigenvalue weighted by molar-refractivity contribution is 0.590. The van der Waals surface area contributed by atoms with Gasteiger partial charge in [-0.2, -0.15) is 10.5 Å². The van der Waals surface area contributed by atoms with Crippen LogP contribution in [0.4, 0.5) is 11.4 Å². The van der Waals surface area contributed by atoms with Crippen LogP contribution >= 0.6 is 0 Å². The maximum Gasteiger partial charge on any atom is 0.332 e. The average molecular weight is 520 g/mol. The van der Waals surface area contributed by atoms with Crippen molar-refractivity contribution >= 4 is 51.0 Å². The van der Waals surface area contributed by atoms with E-state index < -0.39 is 0 Å². The Bertz CT molecular complexity index is 1780. The van der Waals surface area contributed by atoms with Crippen LogP contribution in [-0.2, 0) is 10.8 Å². The van der Waals surface area contributed by atoms with Crippen LogP contribution in [0, 0.1) is 22.7 Å². The number of para-hydroxylation sites is 2. The van der Waals surface area contributed by atoms with Crippen LogP contribution in [0.1, 0.15) is 63.8 Å². The summed E-state index contributed by atoms with van der Waals surface area (Å²) in [7, 11) is 2.10. The zero-order valence-corrected chi connectivity index (χ0v) is 24.3. The summed E-state index contributed by atoms with van der Waals surface area (Å²) in [5.41, 5.74) is 9.51. The lowest BCUT2D eigenvalue weighted by Crippen LogP contribution is -2.54. The van der Waals surface area contributed by atoms with Crippen LogP contribution < -0.4 is 15.8 Å². The number of rotatable bonds is 1. The molecule has 0 fully saturated rings. The van der Waals surface area contributed by atoms with E-state index in [1.54, 1.807) is 0 Å². The van der Waals surface area contributed by atoms with Gasteiger partial charge in [0.1, 0.15) is 12.1 Å². The van der Waals surface area contributed by atoms with Gasteiger partial charge in [0, 0.05) is 29.2 Å². The Hall–Kier alpha value is -4.48. The fraction of sp³-hybridized carbons (Fsp3) is 0.257. The predicted octanol–water partition coefficient (Wildman–Crippen LogP) is 6.87. The minimum Gasteiger partial charge on any atom is -0.374 e. The summed E-state index contributed by atoms with van der Waals surface area (Å²) in [6, 6.07) is 30.6. The molecule has 1 aromatic heterocycles. The van der Waals surface area contributed by atoms with Crippen LogP contribution in [0.3, 0.4) is 0 Å². The van der Waals surface area contributed by atoms with Crippen molar-refractivity contribution < 1.29 is 0 Å².